The maximum absolute atomic E-state index is 9.12. The number of halogens is 1. The van der Waals surface area contributed by atoms with E-state index in [2.05, 4.69) is 0 Å². The first-order valence-electron chi connectivity index (χ1n) is 3.84. The molecular formula is C8H10ClNOS. The van der Waals surface area contributed by atoms with E-state index in [1.807, 2.05) is 6.07 Å². The molecule has 1 atom stereocenters. The van der Waals surface area contributed by atoms with Crippen molar-refractivity contribution < 1.29 is 5.11 Å². The minimum atomic E-state index is -0.521. The van der Waals surface area contributed by atoms with Gasteiger partial charge >= 0.3 is 0 Å². The zero-order valence-electron chi connectivity index (χ0n) is 6.51. The Hall–Kier alpha value is -0.0900. The van der Waals surface area contributed by atoms with Crippen LogP contribution in [0.25, 0.3) is 0 Å². The minimum Gasteiger partial charge on any atom is -0.394 e. The van der Waals surface area contributed by atoms with E-state index >= 15 is 0 Å². The van der Waals surface area contributed by atoms with Gasteiger partial charge in [-0.25, -0.2) is 0 Å². The van der Waals surface area contributed by atoms with Crippen molar-refractivity contribution in [2.24, 2.45) is 5.73 Å². The van der Waals surface area contributed by atoms with Gasteiger partial charge in [0.1, 0.15) is 0 Å². The molecule has 1 aromatic rings. The van der Waals surface area contributed by atoms with Gasteiger partial charge in [0.05, 0.1) is 16.5 Å². The molecule has 0 fully saturated rings. The van der Waals surface area contributed by atoms with Gasteiger partial charge in [-0.3, -0.25) is 0 Å². The molecule has 12 heavy (non-hydrogen) atoms. The second-order valence-corrected chi connectivity index (χ2v) is 4.90. The highest BCUT2D eigenvalue weighted by atomic mass is 35.5. The lowest BCUT2D eigenvalue weighted by atomic mass is 10.0. The molecular weight excluding hydrogens is 194 g/mol. The van der Waals surface area contributed by atoms with Crippen molar-refractivity contribution in [1.82, 2.24) is 0 Å². The molecule has 0 saturated heterocycles. The Balaban J connectivity index is 2.47. The van der Waals surface area contributed by atoms with Crippen LogP contribution in [0.3, 0.4) is 0 Å². The molecule has 1 unspecified atom stereocenters. The SMILES string of the molecule is NC1(CO)CCc2cc(Cl)sc21. The maximum atomic E-state index is 9.12. The van der Waals surface area contributed by atoms with E-state index < -0.39 is 5.54 Å². The molecule has 0 saturated carbocycles. The van der Waals surface area contributed by atoms with E-state index in [4.69, 9.17) is 22.4 Å². The van der Waals surface area contributed by atoms with Crippen molar-refractivity contribution in [3.05, 3.63) is 20.8 Å². The van der Waals surface area contributed by atoms with Crippen LogP contribution >= 0.6 is 22.9 Å². The molecule has 0 amide bonds. The van der Waals surface area contributed by atoms with Crippen molar-refractivity contribution in [3.63, 3.8) is 0 Å². The van der Waals surface area contributed by atoms with Crippen LogP contribution in [0, 0.1) is 0 Å². The largest absolute Gasteiger partial charge is 0.394 e. The van der Waals surface area contributed by atoms with Gasteiger partial charge in [-0.15, -0.1) is 11.3 Å². The normalized spacial score (nSPS) is 27.6. The molecule has 1 aliphatic carbocycles. The molecule has 0 bridgehead atoms. The van der Waals surface area contributed by atoms with Crippen molar-refractivity contribution in [3.8, 4) is 0 Å². The summed E-state index contributed by atoms with van der Waals surface area (Å²) in [7, 11) is 0. The van der Waals surface area contributed by atoms with E-state index in [0.29, 0.717) is 0 Å². The van der Waals surface area contributed by atoms with Gasteiger partial charge in [-0.05, 0) is 24.5 Å². The lowest BCUT2D eigenvalue weighted by Crippen LogP contribution is -2.37. The third kappa shape index (κ3) is 1.09. The lowest BCUT2D eigenvalue weighted by Gasteiger charge is -2.20. The van der Waals surface area contributed by atoms with Gasteiger partial charge in [0, 0.05) is 4.88 Å². The number of aryl methyl sites for hydroxylation is 1. The van der Waals surface area contributed by atoms with Gasteiger partial charge < -0.3 is 10.8 Å². The smallest absolute Gasteiger partial charge is 0.0934 e. The van der Waals surface area contributed by atoms with Crippen LogP contribution in [0.2, 0.25) is 4.34 Å². The summed E-state index contributed by atoms with van der Waals surface area (Å²) in [5.41, 5.74) is 6.67. The third-order valence-corrected chi connectivity index (χ3v) is 3.88. The third-order valence-electron chi connectivity index (χ3n) is 2.35. The molecule has 1 aromatic heterocycles. The molecule has 0 radical (unpaired) electrons. The van der Waals surface area contributed by atoms with Crippen LogP contribution in [0.15, 0.2) is 6.07 Å². The first kappa shape index (κ1) is 8.51. The Bertz CT molecular complexity index is 312. The predicted molar refractivity (Wildman–Crippen MR) is 50.6 cm³/mol. The van der Waals surface area contributed by atoms with E-state index in [1.165, 1.54) is 16.9 Å². The second-order valence-electron chi connectivity index (χ2n) is 3.22. The first-order chi connectivity index (χ1) is 5.65. The van der Waals surface area contributed by atoms with Crippen LogP contribution in [0.5, 0.6) is 0 Å². The van der Waals surface area contributed by atoms with Crippen LogP contribution in [-0.2, 0) is 12.0 Å². The van der Waals surface area contributed by atoms with E-state index in [1.54, 1.807) is 0 Å². The summed E-state index contributed by atoms with van der Waals surface area (Å²) < 4.78 is 0.767. The zero-order chi connectivity index (χ0) is 8.77. The van der Waals surface area contributed by atoms with Gasteiger partial charge in [0.25, 0.3) is 0 Å². The van der Waals surface area contributed by atoms with Crippen molar-refractivity contribution in [1.29, 1.82) is 0 Å². The van der Waals surface area contributed by atoms with Crippen molar-refractivity contribution in [2.45, 2.75) is 18.4 Å². The van der Waals surface area contributed by atoms with Gasteiger partial charge in [0.2, 0.25) is 0 Å². The number of thiophene rings is 1. The first-order valence-corrected chi connectivity index (χ1v) is 5.03. The number of rotatable bonds is 1. The van der Waals surface area contributed by atoms with Crippen molar-refractivity contribution >= 4 is 22.9 Å². The summed E-state index contributed by atoms with van der Waals surface area (Å²) in [5.74, 6) is 0. The number of aliphatic hydroxyl groups excluding tert-OH is 1. The number of hydrogen-bond donors (Lipinski definition) is 2. The van der Waals surface area contributed by atoms with Gasteiger partial charge in [-0.1, -0.05) is 11.6 Å². The standard InChI is InChI=1S/C8H10ClNOS/c9-6-3-5-1-2-8(10,4-11)7(5)12-6/h3,11H,1-2,4,10H2. The van der Waals surface area contributed by atoms with E-state index in [0.717, 1.165) is 22.1 Å². The Morgan fingerprint density at radius 1 is 1.75 bits per heavy atom. The minimum absolute atomic E-state index is 0.0108. The molecule has 2 nitrogen and oxygen atoms in total. The Morgan fingerprint density at radius 3 is 3.17 bits per heavy atom. The number of nitrogens with two attached hydrogens (primary N) is 1. The molecule has 3 N–H and O–H groups in total. The Labute approximate surface area is 80.0 Å². The average Bonchev–Trinajstić information content (AvgIpc) is 2.53. The van der Waals surface area contributed by atoms with E-state index in [-0.39, 0.29) is 6.61 Å². The highest BCUT2D eigenvalue weighted by Gasteiger charge is 2.36. The fourth-order valence-corrected chi connectivity index (χ4v) is 3.05. The number of fused-ring (bicyclic) bond motifs is 1. The summed E-state index contributed by atoms with van der Waals surface area (Å²) >= 11 is 7.33. The quantitative estimate of drug-likeness (QED) is 0.727. The number of aliphatic hydroxyl groups is 1. The van der Waals surface area contributed by atoms with Crippen LogP contribution < -0.4 is 5.73 Å². The monoisotopic (exact) mass is 203 g/mol. The molecule has 66 valence electrons. The molecule has 4 heteroatoms. The summed E-state index contributed by atoms with van der Waals surface area (Å²) in [4.78, 5) is 1.06. The fourth-order valence-electron chi connectivity index (χ4n) is 1.62. The van der Waals surface area contributed by atoms with Crippen LogP contribution in [0.4, 0.5) is 0 Å². The number of hydrogen-bond acceptors (Lipinski definition) is 3. The molecule has 1 aliphatic rings. The van der Waals surface area contributed by atoms with E-state index in [9.17, 15) is 0 Å². The van der Waals surface area contributed by atoms with Crippen LogP contribution in [-0.4, -0.2) is 11.7 Å². The second kappa shape index (κ2) is 2.70. The highest BCUT2D eigenvalue weighted by Crippen LogP contribution is 2.41. The highest BCUT2D eigenvalue weighted by molar-refractivity contribution is 7.16. The van der Waals surface area contributed by atoms with Crippen molar-refractivity contribution in [2.75, 3.05) is 6.61 Å². The van der Waals surface area contributed by atoms with Gasteiger partial charge in [-0.2, -0.15) is 0 Å². The fraction of sp³-hybridized carbons (Fsp3) is 0.500. The molecule has 2 rings (SSSR count). The molecule has 0 aliphatic heterocycles. The topological polar surface area (TPSA) is 46.2 Å². The summed E-state index contributed by atoms with van der Waals surface area (Å²) in [6.07, 6.45) is 1.78. The lowest BCUT2D eigenvalue weighted by molar-refractivity contribution is 0.199. The molecule has 0 aromatic carbocycles. The van der Waals surface area contributed by atoms with Crippen LogP contribution in [0.1, 0.15) is 16.9 Å². The Kier molecular flexibility index (Phi) is 1.92. The zero-order valence-corrected chi connectivity index (χ0v) is 8.08. The molecule has 0 spiro atoms. The summed E-state index contributed by atoms with van der Waals surface area (Å²) in [6, 6.07) is 1.95. The molecule has 1 heterocycles. The van der Waals surface area contributed by atoms with Gasteiger partial charge in [0.15, 0.2) is 0 Å². The Morgan fingerprint density at radius 2 is 2.50 bits per heavy atom. The average molecular weight is 204 g/mol. The summed E-state index contributed by atoms with van der Waals surface area (Å²) in [5, 5.41) is 9.12. The predicted octanol–water partition coefficient (Wildman–Crippen LogP) is 1.49. The maximum Gasteiger partial charge on any atom is 0.0934 e. The summed E-state index contributed by atoms with van der Waals surface area (Å²) in [6.45, 7) is 0.0108.